The Balaban J connectivity index is 1.65. The normalized spacial score (nSPS) is 14.5. The van der Waals surface area contributed by atoms with Gasteiger partial charge in [-0.05, 0) is 48.7 Å². The van der Waals surface area contributed by atoms with Crippen molar-refractivity contribution in [1.82, 2.24) is 4.90 Å². The molecule has 1 heterocycles. The van der Waals surface area contributed by atoms with Crippen LogP contribution in [0.1, 0.15) is 28.8 Å². The zero-order valence-electron chi connectivity index (χ0n) is 13.5. The van der Waals surface area contributed by atoms with Crippen LogP contribution in [0.25, 0.3) is 0 Å². The molecule has 0 aliphatic carbocycles. The van der Waals surface area contributed by atoms with Gasteiger partial charge in [0.1, 0.15) is 12.4 Å². The summed E-state index contributed by atoms with van der Waals surface area (Å²) in [5.74, 6) is 0.734. The molecular weight excluding hydrogens is 322 g/mol. The zero-order chi connectivity index (χ0) is 16.9. The zero-order valence-corrected chi connectivity index (χ0v) is 14.3. The number of carbonyl (C=O) groups excluding carboxylic acids is 1. The van der Waals surface area contributed by atoms with E-state index in [1.165, 1.54) is 5.57 Å². The molecule has 0 spiro atoms. The number of hydrogen-bond acceptors (Lipinski definition) is 2. The van der Waals surface area contributed by atoms with Crippen LogP contribution in [-0.2, 0) is 6.61 Å². The number of piperidine rings is 1. The van der Waals surface area contributed by atoms with Crippen molar-refractivity contribution in [2.75, 3.05) is 13.1 Å². The van der Waals surface area contributed by atoms with Crippen LogP contribution in [0.5, 0.6) is 5.75 Å². The van der Waals surface area contributed by atoms with Crippen LogP contribution in [0, 0.1) is 0 Å². The van der Waals surface area contributed by atoms with Crippen LogP contribution >= 0.6 is 11.6 Å². The lowest BCUT2D eigenvalue weighted by molar-refractivity contribution is 0.0743. The van der Waals surface area contributed by atoms with Gasteiger partial charge in [0.05, 0.1) is 0 Å². The number of rotatable bonds is 4. The van der Waals surface area contributed by atoms with Crippen LogP contribution in [0.2, 0.25) is 5.02 Å². The Morgan fingerprint density at radius 1 is 1.12 bits per heavy atom. The van der Waals surface area contributed by atoms with Gasteiger partial charge >= 0.3 is 0 Å². The molecule has 24 heavy (non-hydrogen) atoms. The Morgan fingerprint density at radius 2 is 1.88 bits per heavy atom. The number of halogens is 1. The predicted molar refractivity (Wildman–Crippen MR) is 96.5 cm³/mol. The van der Waals surface area contributed by atoms with E-state index in [9.17, 15) is 4.79 Å². The minimum Gasteiger partial charge on any atom is -0.489 e. The number of likely N-dealkylation sites (tertiary alicyclic amines) is 1. The molecule has 0 bridgehead atoms. The first-order chi connectivity index (χ1) is 11.6. The van der Waals surface area contributed by atoms with E-state index in [1.807, 2.05) is 47.4 Å². The van der Waals surface area contributed by atoms with E-state index in [1.54, 1.807) is 6.07 Å². The summed E-state index contributed by atoms with van der Waals surface area (Å²) in [6.07, 6.45) is 1.77. The number of hydrogen-bond donors (Lipinski definition) is 0. The fourth-order valence-electron chi connectivity index (χ4n) is 2.72. The van der Waals surface area contributed by atoms with Gasteiger partial charge in [-0.1, -0.05) is 42.0 Å². The highest BCUT2D eigenvalue weighted by molar-refractivity contribution is 6.30. The second-order valence-electron chi connectivity index (χ2n) is 5.99. The topological polar surface area (TPSA) is 29.5 Å². The van der Waals surface area contributed by atoms with E-state index in [4.69, 9.17) is 16.3 Å². The van der Waals surface area contributed by atoms with Crippen LogP contribution in [0.4, 0.5) is 0 Å². The second-order valence-corrected chi connectivity index (χ2v) is 6.43. The standard InChI is InChI=1S/C20H20ClNO2/c1-15-8-10-22(11-9-15)20(23)17-5-3-7-19(13-17)24-14-16-4-2-6-18(21)12-16/h2-7,12-13H,1,8-11,14H2. The highest BCUT2D eigenvalue weighted by Gasteiger charge is 2.19. The minimum atomic E-state index is 0.0516. The lowest BCUT2D eigenvalue weighted by Crippen LogP contribution is -2.36. The molecule has 1 saturated heterocycles. The molecule has 0 saturated carbocycles. The van der Waals surface area contributed by atoms with E-state index < -0.39 is 0 Å². The molecule has 0 unspecified atom stereocenters. The lowest BCUT2D eigenvalue weighted by atomic mass is 10.0. The smallest absolute Gasteiger partial charge is 0.254 e. The number of nitrogens with zero attached hydrogens (tertiary/aromatic N) is 1. The van der Waals surface area contributed by atoms with Crippen LogP contribution in [0.15, 0.2) is 60.7 Å². The van der Waals surface area contributed by atoms with Crippen molar-refractivity contribution in [2.45, 2.75) is 19.4 Å². The highest BCUT2D eigenvalue weighted by Crippen LogP contribution is 2.20. The molecule has 2 aromatic carbocycles. The minimum absolute atomic E-state index is 0.0516. The lowest BCUT2D eigenvalue weighted by Gasteiger charge is -2.28. The maximum absolute atomic E-state index is 12.6. The molecule has 3 rings (SSSR count). The van der Waals surface area contributed by atoms with Gasteiger partial charge in [0.2, 0.25) is 0 Å². The summed E-state index contributed by atoms with van der Waals surface area (Å²) in [6.45, 7) is 5.89. The van der Waals surface area contributed by atoms with E-state index in [-0.39, 0.29) is 5.91 Å². The van der Waals surface area contributed by atoms with Crippen molar-refractivity contribution in [3.63, 3.8) is 0 Å². The van der Waals surface area contributed by atoms with Crippen LogP contribution in [0.3, 0.4) is 0 Å². The SMILES string of the molecule is C=C1CCN(C(=O)c2cccc(OCc3cccc(Cl)c3)c2)CC1. The van der Waals surface area contributed by atoms with Crippen molar-refractivity contribution in [3.05, 3.63) is 76.8 Å². The molecule has 0 N–H and O–H groups in total. The summed E-state index contributed by atoms with van der Waals surface area (Å²) < 4.78 is 5.80. The van der Waals surface area contributed by atoms with Gasteiger partial charge in [0, 0.05) is 23.7 Å². The van der Waals surface area contributed by atoms with Gasteiger partial charge in [0.15, 0.2) is 0 Å². The van der Waals surface area contributed by atoms with Gasteiger partial charge < -0.3 is 9.64 Å². The molecule has 0 atom stereocenters. The van der Waals surface area contributed by atoms with Crippen LogP contribution in [-0.4, -0.2) is 23.9 Å². The number of amides is 1. The van der Waals surface area contributed by atoms with Crippen molar-refractivity contribution in [3.8, 4) is 5.75 Å². The largest absolute Gasteiger partial charge is 0.489 e. The first kappa shape index (κ1) is 16.6. The van der Waals surface area contributed by atoms with E-state index in [0.29, 0.717) is 22.9 Å². The monoisotopic (exact) mass is 341 g/mol. The molecule has 4 heteroatoms. The maximum atomic E-state index is 12.6. The molecule has 0 radical (unpaired) electrons. The molecule has 3 nitrogen and oxygen atoms in total. The van der Waals surface area contributed by atoms with E-state index >= 15 is 0 Å². The summed E-state index contributed by atoms with van der Waals surface area (Å²) in [7, 11) is 0. The summed E-state index contributed by atoms with van der Waals surface area (Å²) in [4.78, 5) is 14.5. The van der Waals surface area contributed by atoms with Gasteiger partial charge in [-0.2, -0.15) is 0 Å². The van der Waals surface area contributed by atoms with Crippen LogP contribution < -0.4 is 4.74 Å². The summed E-state index contributed by atoms with van der Waals surface area (Å²) in [6, 6.07) is 14.9. The average molecular weight is 342 g/mol. The molecular formula is C20H20ClNO2. The third-order valence-electron chi connectivity index (χ3n) is 4.13. The number of benzene rings is 2. The molecule has 1 amide bonds. The van der Waals surface area contributed by atoms with Crippen molar-refractivity contribution in [1.29, 1.82) is 0 Å². The molecule has 1 fully saturated rings. The first-order valence-electron chi connectivity index (χ1n) is 8.05. The van der Waals surface area contributed by atoms with Gasteiger partial charge in [-0.3, -0.25) is 4.79 Å². The third-order valence-corrected chi connectivity index (χ3v) is 4.37. The van der Waals surface area contributed by atoms with Gasteiger partial charge in [-0.15, -0.1) is 0 Å². The predicted octanol–water partition coefficient (Wildman–Crippen LogP) is 4.71. The van der Waals surface area contributed by atoms with Crippen molar-refractivity contribution in [2.24, 2.45) is 0 Å². The molecule has 2 aromatic rings. The number of ether oxygens (including phenoxy) is 1. The van der Waals surface area contributed by atoms with Gasteiger partial charge in [-0.25, -0.2) is 0 Å². The average Bonchev–Trinajstić information content (AvgIpc) is 2.60. The fourth-order valence-corrected chi connectivity index (χ4v) is 2.93. The molecule has 0 aromatic heterocycles. The molecule has 1 aliphatic heterocycles. The fraction of sp³-hybridized carbons (Fsp3) is 0.250. The Hall–Kier alpha value is -2.26. The Kier molecular flexibility index (Phi) is 5.21. The second kappa shape index (κ2) is 7.54. The third kappa shape index (κ3) is 4.18. The van der Waals surface area contributed by atoms with E-state index in [2.05, 4.69) is 6.58 Å². The molecule has 124 valence electrons. The first-order valence-corrected chi connectivity index (χ1v) is 8.43. The maximum Gasteiger partial charge on any atom is 0.254 e. The highest BCUT2D eigenvalue weighted by atomic mass is 35.5. The van der Waals surface area contributed by atoms with E-state index in [0.717, 1.165) is 31.5 Å². The Labute approximate surface area is 147 Å². The summed E-state index contributed by atoms with van der Waals surface area (Å²) in [5.41, 5.74) is 2.87. The Morgan fingerprint density at radius 3 is 2.62 bits per heavy atom. The number of carbonyl (C=O) groups is 1. The Bertz CT molecular complexity index is 747. The molecule has 1 aliphatic rings. The van der Waals surface area contributed by atoms with Gasteiger partial charge in [0.25, 0.3) is 5.91 Å². The quantitative estimate of drug-likeness (QED) is 0.754. The summed E-state index contributed by atoms with van der Waals surface area (Å²) in [5, 5.41) is 0.687. The summed E-state index contributed by atoms with van der Waals surface area (Å²) >= 11 is 5.98. The van der Waals surface area contributed by atoms with Crippen molar-refractivity contribution >= 4 is 17.5 Å². The van der Waals surface area contributed by atoms with Crippen molar-refractivity contribution < 1.29 is 9.53 Å².